The van der Waals surface area contributed by atoms with Crippen LogP contribution in [0.2, 0.25) is 5.15 Å². The molecule has 0 spiro atoms. The first-order valence-corrected chi connectivity index (χ1v) is 6.13. The molecule has 5 heteroatoms. The van der Waals surface area contributed by atoms with E-state index < -0.39 is 0 Å². The van der Waals surface area contributed by atoms with Gasteiger partial charge in [0.25, 0.3) is 0 Å². The van der Waals surface area contributed by atoms with Crippen LogP contribution in [0.5, 0.6) is 0 Å². The predicted molar refractivity (Wildman–Crippen MR) is 70.6 cm³/mol. The summed E-state index contributed by atoms with van der Waals surface area (Å²) in [4.78, 5) is 8.75. The van der Waals surface area contributed by atoms with Crippen molar-refractivity contribution >= 4 is 17.2 Å². The van der Waals surface area contributed by atoms with Gasteiger partial charge in [0.15, 0.2) is 17.3 Å². The first-order valence-electron chi connectivity index (χ1n) is 5.75. The minimum atomic E-state index is 0.427. The summed E-state index contributed by atoms with van der Waals surface area (Å²) < 4.78 is 1.74. The fraction of sp³-hybridized carbons (Fsp3) is 0.154. The third-order valence-corrected chi connectivity index (χ3v) is 2.88. The van der Waals surface area contributed by atoms with Gasteiger partial charge >= 0.3 is 0 Å². The fourth-order valence-electron chi connectivity index (χ4n) is 1.83. The third kappa shape index (κ3) is 1.84. The molecule has 18 heavy (non-hydrogen) atoms. The van der Waals surface area contributed by atoms with Gasteiger partial charge in [-0.05, 0) is 0 Å². The lowest BCUT2D eigenvalue weighted by Gasteiger charge is -2.03. The maximum absolute atomic E-state index is 6.03. The van der Waals surface area contributed by atoms with Gasteiger partial charge < -0.3 is 0 Å². The van der Waals surface area contributed by atoms with Crippen LogP contribution in [0.1, 0.15) is 12.7 Å². The summed E-state index contributed by atoms with van der Waals surface area (Å²) in [5, 5.41) is 4.86. The molecule has 0 aliphatic carbocycles. The quantitative estimate of drug-likeness (QED) is 0.664. The summed E-state index contributed by atoms with van der Waals surface area (Å²) in [5.74, 6) is 1.50. The second-order valence-corrected chi connectivity index (χ2v) is 4.31. The average molecular weight is 259 g/mol. The molecule has 0 saturated heterocycles. The molecule has 0 saturated carbocycles. The van der Waals surface area contributed by atoms with Crippen LogP contribution in [-0.4, -0.2) is 19.6 Å². The van der Waals surface area contributed by atoms with Crippen molar-refractivity contribution in [2.45, 2.75) is 13.3 Å². The van der Waals surface area contributed by atoms with E-state index in [1.807, 2.05) is 37.3 Å². The molecule has 2 heterocycles. The normalized spacial score (nSPS) is 11.0. The molecule has 1 aromatic carbocycles. The van der Waals surface area contributed by atoms with Gasteiger partial charge in [-0.2, -0.15) is 4.52 Å². The highest BCUT2D eigenvalue weighted by atomic mass is 35.5. The molecule has 0 atom stereocenters. The number of hydrogen-bond acceptors (Lipinski definition) is 3. The number of halogens is 1. The molecule has 2 aromatic heterocycles. The Kier molecular flexibility index (Phi) is 2.72. The fourth-order valence-corrected chi connectivity index (χ4v) is 2.01. The van der Waals surface area contributed by atoms with E-state index in [4.69, 9.17) is 11.6 Å². The van der Waals surface area contributed by atoms with E-state index in [1.54, 1.807) is 10.6 Å². The zero-order valence-corrected chi connectivity index (χ0v) is 10.6. The molecular formula is C13H11ClN4. The van der Waals surface area contributed by atoms with Crippen LogP contribution < -0.4 is 0 Å². The standard InChI is InChI=1S/C13H11ClN4/c1-2-11-16-12-8-10(14)15-13(18(12)17-11)9-6-4-3-5-7-9/h3-8H,2H2,1H3. The van der Waals surface area contributed by atoms with E-state index >= 15 is 0 Å². The van der Waals surface area contributed by atoms with Crippen LogP contribution in [0, 0.1) is 0 Å². The van der Waals surface area contributed by atoms with Gasteiger partial charge in [0.05, 0.1) is 0 Å². The predicted octanol–water partition coefficient (Wildman–Crippen LogP) is 3.01. The zero-order chi connectivity index (χ0) is 12.5. The molecule has 90 valence electrons. The van der Waals surface area contributed by atoms with Crippen LogP contribution in [0.3, 0.4) is 0 Å². The number of hydrogen-bond donors (Lipinski definition) is 0. The van der Waals surface area contributed by atoms with Crippen molar-refractivity contribution in [3.63, 3.8) is 0 Å². The monoisotopic (exact) mass is 258 g/mol. The molecule has 3 rings (SSSR count). The summed E-state index contributed by atoms with van der Waals surface area (Å²) in [5.41, 5.74) is 1.70. The lowest BCUT2D eigenvalue weighted by atomic mass is 10.2. The minimum absolute atomic E-state index is 0.427. The van der Waals surface area contributed by atoms with E-state index in [1.165, 1.54) is 0 Å². The molecule has 0 amide bonds. The van der Waals surface area contributed by atoms with Crippen molar-refractivity contribution in [3.8, 4) is 11.4 Å². The molecule has 0 radical (unpaired) electrons. The summed E-state index contributed by atoms with van der Waals surface area (Å²) >= 11 is 6.03. The highest BCUT2D eigenvalue weighted by Gasteiger charge is 2.10. The topological polar surface area (TPSA) is 43.1 Å². The number of benzene rings is 1. The van der Waals surface area contributed by atoms with E-state index in [2.05, 4.69) is 15.1 Å². The van der Waals surface area contributed by atoms with E-state index in [-0.39, 0.29) is 0 Å². The van der Waals surface area contributed by atoms with Crippen molar-refractivity contribution in [1.29, 1.82) is 0 Å². The number of fused-ring (bicyclic) bond motifs is 1. The van der Waals surface area contributed by atoms with Gasteiger partial charge in [0, 0.05) is 18.1 Å². The SMILES string of the molecule is CCc1nc2cc(Cl)nc(-c3ccccc3)n2n1. The van der Waals surface area contributed by atoms with Crippen LogP contribution in [0.4, 0.5) is 0 Å². The molecule has 0 aliphatic heterocycles. The Balaban J connectivity index is 2.30. The molecule has 0 fully saturated rings. The Morgan fingerprint density at radius 3 is 2.67 bits per heavy atom. The number of aromatic nitrogens is 4. The van der Waals surface area contributed by atoms with Crippen molar-refractivity contribution in [3.05, 3.63) is 47.4 Å². The summed E-state index contributed by atoms with van der Waals surface area (Å²) in [6.07, 6.45) is 0.785. The molecule has 0 N–H and O–H groups in total. The van der Waals surface area contributed by atoms with E-state index in [9.17, 15) is 0 Å². The smallest absolute Gasteiger partial charge is 0.164 e. The Bertz CT molecular complexity index is 691. The molecule has 0 unspecified atom stereocenters. The Hall–Kier alpha value is -1.94. The van der Waals surface area contributed by atoms with Crippen molar-refractivity contribution < 1.29 is 0 Å². The Morgan fingerprint density at radius 1 is 1.17 bits per heavy atom. The van der Waals surface area contributed by atoms with Gasteiger partial charge in [0.2, 0.25) is 0 Å². The number of rotatable bonds is 2. The van der Waals surface area contributed by atoms with Crippen molar-refractivity contribution in [2.24, 2.45) is 0 Å². The lowest BCUT2D eigenvalue weighted by molar-refractivity contribution is 0.874. The summed E-state index contributed by atoms with van der Waals surface area (Å²) in [7, 11) is 0. The molecule has 3 aromatic rings. The first kappa shape index (κ1) is 11.2. The van der Waals surface area contributed by atoms with Crippen LogP contribution in [-0.2, 0) is 6.42 Å². The van der Waals surface area contributed by atoms with Gasteiger partial charge in [-0.25, -0.2) is 9.97 Å². The highest BCUT2D eigenvalue weighted by molar-refractivity contribution is 6.29. The van der Waals surface area contributed by atoms with Gasteiger partial charge in [-0.1, -0.05) is 48.9 Å². The molecular weight excluding hydrogens is 248 g/mol. The number of aryl methyl sites for hydroxylation is 1. The number of nitrogens with zero attached hydrogens (tertiary/aromatic N) is 4. The second kappa shape index (κ2) is 4.38. The largest absolute Gasteiger partial charge is 0.216 e. The third-order valence-electron chi connectivity index (χ3n) is 2.69. The summed E-state index contributed by atoms with van der Waals surface area (Å²) in [6.45, 7) is 2.02. The lowest BCUT2D eigenvalue weighted by Crippen LogP contribution is -1.98. The maximum atomic E-state index is 6.03. The van der Waals surface area contributed by atoms with E-state index in [0.29, 0.717) is 11.0 Å². The van der Waals surface area contributed by atoms with Crippen molar-refractivity contribution in [2.75, 3.05) is 0 Å². The van der Waals surface area contributed by atoms with Crippen LogP contribution in [0.15, 0.2) is 36.4 Å². The highest BCUT2D eigenvalue weighted by Crippen LogP contribution is 2.20. The minimum Gasteiger partial charge on any atom is -0.216 e. The van der Waals surface area contributed by atoms with Crippen molar-refractivity contribution in [1.82, 2.24) is 19.6 Å². The zero-order valence-electron chi connectivity index (χ0n) is 9.84. The summed E-state index contributed by atoms with van der Waals surface area (Å²) in [6, 6.07) is 11.6. The maximum Gasteiger partial charge on any atom is 0.164 e. The Morgan fingerprint density at radius 2 is 1.94 bits per heavy atom. The molecule has 0 aliphatic rings. The van der Waals surface area contributed by atoms with Gasteiger partial charge in [-0.15, -0.1) is 5.10 Å². The Labute approximate surface area is 109 Å². The van der Waals surface area contributed by atoms with Crippen LogP contribution in [0.25, 0.3) is 17.0 Å². The van der Waals surface area contributed by atoms with Gasteiger partial charge in [-0.3, -0.25) is 0 Å². The molecule has 0 bridgehead atoms. The van der Waals surface area contributed by atoms with Crippen LogP contribution >= 0.6 is 11.6 Å². The van der Waals surface area contributed by atoms with E-state index in [0.717, 1.165) is 23.5 Å². The van der Waals surface area contributed by atoms with Gasteiger partial charge in [0.1, 0.15) is 5.15 Å². The average Bonchev–Trinajstić information content (AvgIpc) is 2.81. The molecule has 4 nitrogen and oxygen atoms in total. The second-order valence-electron chi connectivity index (χ2n) is 3.92. The first-order chi connectivity index (χ1) is 8.78.